The van der Waals surface area contributed by atoms with Gasteiger partial charge < -0.3 is 4.90 Å². The van der Waals surface area contributed by atoms with Gasteiger partial charge in [-0.1, -0.05) is 78.6 Å². The second kappa shape index (κ2) is 10.0. The molecule has 0 aliphatic heterocycles. The highest BCUT2D eigenvalue weighted by atomic mass is 35.5. The van der Waals surface area contributed by atoms with Crippen molar-refractivity contribution in [3.8, 4) is 0 Å². The molecule has 7 heteroatoms. The molecule has 0 aliphatic carbocycles. The summed E-state index contributed by atoms with van der Waals surface area (Å²) in [4.78, 5) is 14.6. The number of hydrogen-bond donors (Lipinski definition) is 0. The predicted molar refractivity (Wildman–Crippen MR) is 118 cm³/mol. The zero-order chi connectivity index (χ0) is 19.9. The molecule has 1 amide bonds. The zero-order valence-corrected chi connectivity index (χ0v) is 18.2. The fourth-order valence-electron chi connectivity index (χ4n) is 2.71. The van der Waals surface area contributed by atoms with E-state index >= 15 is 0 Å². The number of para-hydroxylation sites is 1. The molecule has 1 unspecified atom stereocenters. The van der Waals surface area contributed by atoms with Crippen molar-refractivity contribution >= 4 is 46.3 Å². The van der Waals surface area contributed by atoms with Crippen molar-refractivity contribution in [1.82, 2.24) is 10.2 Å². The number of thioether (sulfide) groups is 1. The molecule has 0 N–H and O–H groups in total. The third-order valence-electron chi connectivity index (χ3n) is 4.25. The number of aryl methyl sites for hydroxylation is 1. The van der Waals surface area contributed by atoms with Crippen molar-refractivity contribution in [3.05, 3.63) is 70.7 Å². The van der Waals surface area contributed by atoms with E-state index in [0.717, 1.165) is 26.4 Å². The zero-order valence-electron chi connectivity index (χ0n) is 15.8. The predicted octanol–water partition coefficient (Wildman–Crippen LogP) is 5.69. The SMILES string of the molecule is CCC(Cl)C(=O)N(Cc1nnc(SCc2ccccc2)s1)c1ccccc1C. The van der Waals surface area contributed by atoms with Gasteiger partial charge >= 0.3 is 0 Å². The van der Waals surface area contributed by atoms with Crippen molar-refractivity contribution in [3.63, 3.8) is 0 Å². The van der Waals surface area contributed by atoms with E-state index in [1.165, 1.54) is 16.9 Å². The first-order chi connectivity index (χ1) is 13.6. The van der Waals surface area contributed by atoms with E-state index in [4.69, 9.17) is 11.6 Å². The Morgan fingerprint density at radius 1 is 1.14 bits per heavy atom. The van der Waals surface area contributed by atoms with Crippen LogP contribution in [0.2, 0.25) is 0 Å². The number of halogens is 1. The molecule has 4 nitrogen and oxygen atoms in total. The first-order valence-corrected chi connectivity index (χ1v) is 11.3. The summed E-state index contributed by atoms with van der Waals surface area (Å²) in [6, 6.07) is 18.1. The molecule has 1 atom stereocenters. The van der Waals surface area contributed by atoms with Crippen LogP contribution in [0.4, 0.5) is 5.69 Å². The van der Waals surface area contributed by atoms with Gasteiger partial charge in [0.15, 0.2) is 4.34 Å². The van der Waals surface area contributed by atoms with Crippen LogP contribution in [0.1, 0.15) is 29.5 Å². The standard InChI is InChI=1S/C21H22ClN3OS2/c1-3-17(22)20(26)25(18-12-8-7-9-15(18)2)13-19-23-24-21(28-19)27-14-16-10-5-4-6-11-16/h4-12,17H,3,13-14H2,1-2H3. The van der Waals surface area contributed by atoms with Crippen molar-refractivity contribution < 1.29 is 4.79 Å². The highest BCUT2D eigenvalue weighted by Gasteiger charge is 2.25. The number of amides is 1. The Morgan fingerprint density at radius 3 is 2.57 bits per heavy atom. The Kier molecular flexibility index (Phi) is 7.48. The summed E-state index contributed by atoms with van der Waals surface area (Å²) in [5.41, 5.74) is 3.13. The van der Waals surface area contributed by atoms with E-state index in [1.807, 2.05) is 56.3 Å². The number of hydrogen-bond acceptors (Lipinski definition) is 5. The van der Waals surface area contributed by atoms with Crippen molar-refractivity contribution in [2.75, 3.05) is 4.90 Å². The molecule has 28 heavy (non-hydrogen) atoms. The Hall–Kier alpha value is -1.89. The second-order valence-corrected chi connectivity index (χ2v) is 9.13. The van der Waals surface area contributed by atoms with E-state index in [9.17, 15) is 4.79 Å². The summed E-state index contributed by atoms with van der Waals surface area (Å²) in [5.74, 6) is 0.738. The van der Waals surface area contributed by atoms with E-state index in [-0.39, 0.29) is 5.91 Å². The van der Waals surface area contributed by atoms with Crippen molar-refractivity contribution in [2.24, 2.45) is 0 Å². The van der Waals surface area contributed by atoms with Crippen LogP contribution >= 0.6 is 34.7 Å². The van der Waals surface area contributed by atoms with Gasteiger partial charge in [-0.3, -0.25) is 4.79 Å². The fraction of sp³-hybridized carbons (Fsp3) is 0.286. The summed E-state index contributed by atoms with van der Waals surface area (Å²) in [6.45, 7) is 4.28. The van der Waals surface area contributed by atoms with E-state index < -0.39 is 5.38 Å². The van der Waals surface area contributed by atoms with Gasteiger partial charge in [0.2, 0.25) is 5.91 Å². The molecule has 3 aromatic rings. The third kappa shape index (κ3) is 5.34. The smallest absolute Gasteiger partial charge is 0.245 e. The maximum atomic E-state index is 12.9. The number of benzene rings is 2. The number of alkyl halides is 1. The van der Waals surface area contributed by atoms with Gasteiger partial charge in [0, 0.05) is 11.4 Å². The molecule has 146 valence electrons. The Balaban J connectivity index is 1.75. The second-order valence-electron chi connectivity index (χ2n) is 6.32. The van der Waals surface area contributed by atoms with Crippen molar-refractivity contribution in [1.29, 1.82) is 0 Å². The van der Waals surface area contributed by atoms with E-state index in [1.54, 1.807) is 16.7 Å². The summed E-state index contributed by atoms with van der Waals surface area (Å²) in [6.07, 6.45) is 0.580. The van der Waals surface area contributed by atoms with Gasteiger partial charge in [0.25, 0.3) is 0 Å². The minimum Gasteiger partial charge on any atom is -0.304 e. The molecule has 0 aliphatic rings. The average Bonchev–Trinajstić information content (AvgIpc) is 3.18. The third-order valence-corrected chi connectivity index (χ3v) is 6.85. The largest absolute Gasteiger partial charge is 0.304 e. The van der Waals surface area contributed by atoms with Crippen LogP contribution in [0.15, 0.2) is 58.9 Å². The van der Waals surface area contributed by atoms with Gasteiger partial charge in [-0.05, 0) is 30.5 Å². The van der Waals surface area contributed by atoms with Gasteiger partial charge in [-0.15, -0.1) is 21.8 Å². The quantitative estimate of drug-likeness (QED) is 0.339. The first-order valence-electron chi connectivity index (χ1n) is 9.08. The van der Waals surface area contributed by atoms with Crippen LogP contribution in [0.5, 0.6) is 0 Å². The molecule has 0 radical (unpaired) electrons. The van der Waals surface area contributed by atoms with Crippen molar-refractivity contribution in [2.45, 2.75) is 42.3 Å². The number of rotatable bonds is 8. The minimum atomic E-state index is -0.556. The minimum absolute atomic E-state index is 0.104. The molecule has 0 saturated heterocycles. The van der Waals surface area contributed by atoms with Gasteiger partial charge in [-0.25, -0.2) is 0 Å². The van der Waals surface area contributed by atoms with Gasteiger partial charge in [0.05, 0.1) is 6.54 Å². The van der Waals surface area contributed by atoms with E-state index in [2.05, 4.69) is 22.3 Å². The molecule has 0 spiro atoms. The number of nitrogens with zero attached hydrogens (tertiary/aromatic N) is 3. The monoisotopic (exact) mass is 431 g/mol. The molecule has 1 aromatic heterocycles. The van der Waals surface area contributed by atoms with Gasteiger partial charge in [-0.2, -0.15) is 0 Å². The summed E-state index contributed by atoms with van der Waals surface area (Å²) in [7, 11) is 0. The lowest BCUT2D eigenvalue weighted by atomic mass is 10.1. The maximum Gasteiger partial charge on any atom is 0.245 e. The maximum absolute atomic E-state index is 12.9. The Bertz CT molecular complexity index is 917. The fourth-order valence-corrected chi connectivity index (χ4v) is 4.67. The van der Waals surface area contributed by atoms with Crippen LogP contribution in [0, 0.1) is 6.92 Å². The van der Waals surface area contributed by atoms with Crippen LogP contribution < -0.4 is 4.90 Å². The summed E-state index contributed by atoms with van der Waals surface area (Å²) >= 11 is 9.45. The van der Waals surface area contributed by atoms with Crippen LogP contribution in [0.25, 0.3) is 0 Å². The van der Waals surface area contributed by atoms with Crippen LogP contribution in [-0.4, -0.2) is 21.5 Å². The molecular weight excluding hydrogens is 410 g/mol. The summed E-state index contributed by atoms with van der Waals surface area (Å²) in [5, 5.41) is 8.83. The Labute approximate surface area is 178 Å². The summed E-state index contributed by atoms with van der Waals surface area (Å²) < 4.78 is 0.897. The van der Waals surface area contributed by atoms with Crippen LogP contribution in [0.3, 0.4) is 0 Å². The number of carbonyl (C=O) groups excluding carboxylic acids is 1. The number of anilines is 1. The number of carbonyl (C=O) groups is 1. The molecular formula is C21H22ClN3OS2. The number of aromatic nitrogens is 2. The molecule has 2 aromatic carbocycles. The molecule has 0 fully saturated rings. The highest BCUT2D eigenvalue weighted by Crippen LogP contribution is 2.29. The molecule has 3 rings (SSSR count). The molecule has 1 heterocycles. The lowest BCUT2D eigenvalue weighted by Crippen LogP contribution is -2.36. The lowest BCUT2D eigenvalue weighted by molar-refractivity contribution is -0.118. The van der Waals surface area contributed by atoms with E-state index in [0.29, 0.717) is 13.0 Å². The normalized spacial score (nSPS) is 12.0. The molecule has 0 saturated carbocycles. The Morgan fingerprint density at radius 2 is 1.86 bits per heavy atom. The average molecular weight is 432 g/mol. The highest BCUT2D eigenvalue weighted by molar-refractivity contribution is 8.00. The topological polar surface area (TPSA) is 46.1 Å². The van der Waals surface area contributed by atoms with Crippen LogP contribution in [-0.2, 0) is 17.1 Å². The first kappa shape index (κ1) is 20.8. The lowest BCUT2D eigenvalue weighted by Gasteiger charge is -2.25. The molecule has 0 bridgehead atoms. The van der Waals surface area contributed by atoms with Gasteiger partial charge in [0.1, 0.15) is 10.4 Å².